The fourth-order valence-corrected chi connectivity index (χ4v) is 0.619. The highest BCUT2D eigenvalue weighted by atomic mass is 16.1. The standard InChI is InChI=1S/C6H8N2O.C2H6/c1-5-3-4-6(9)8(2)7-5;1-2/h3-4H,1-2H3;1-2H3. The van der Waals surface area contributed by atoms with Crippen LogP contribution in [0.1, 0.15) is 19.5 Å². The van der Waals surface area contributed by atoms with Crippen molar-refractivity contribution in [3.8, 4) is 0 Å². The van der Waals surface area contributed by atoms with Crippen LogP contribution in [0.15, 0.2) is 16.9 Å². The van der Waals surface area contributed by atoms with Gasteiger partial charge in [0.05, 0.1) is 5.69 Å². The quantitative estimate of drug-likeness (QED) is 0.561. The lowest BCUT2D eigenvalue weighted by Crippen LogP contribution is -2.18. The molecule has 1 rings (SSSR count). The Morgan fingerprint density at radius 3 is 2.27 bits per heavy atom. The molecule has 11 heavy (non-hydrogen) atoms. The molecule has 3 nitrogen and oxygen atoms in total. The average molecular weight is 154 g/mol. The molecule has 0 fully saturated rings. The van der Waals surface area contributed by atoms with Crippen LogP contribution in [0.3, 0.4) is 0 Å². The summed E-state index contributed by atoms with van der Waals surface area (Å²) in [4.78, 5) is 10.7. The number of hydrogen-bond donors (Lipinski definition) is 0. The summed E-state index contributed by atoms with van der Waals surface area (Å²) in [5.74, 6) is 0. The van der Waals surface area contributed by atoms with Gasteiger partial charge >= 0.3 is 0 Å². The van der Waals surface area contributed by atoms with Gasteiger partial charge in [-0.25, -0.2) is 4.68 Å². The summed E-state index contributed by atoms with van der Waals surface area (Å²) in [6, 6.07) is 3.20. The van der Waals surface area contributed by atoms with E-state index >= 15 is 0 Å². The van der Waals surface area contributed by atoms with Crippen LogP contribution >= 0.6 is 0 Å². The first-order valence-electron chi connectivity index (χ1n) is 3.71. The van der Waals surface area contributed by atoms with E-state index in [-0.39, 0.29) is 5.56 Å². The molecule has 0 aliphatic carbocycles. The highest BCUT2D eigenvalue weighted by Crippen LogP contribution is 1.81. The second-order valence-electron chi connectivity index (χ2n) is 1.94. The molecule has 0 saturated heterocycles. The van der Waals surface area contributed by atoms with E-state index in [1.54, 1.807) is 13.1 Å². The Hall–Kier alpha value is -1.12. The monoisotopic (exact) mass is 154 g/mol. The molecule has 0 atom stereocenters. The van der Waals surface area contributed by atoms with Crippen molar-refractivity contribution in [2.24, 2.45) is 7.05 Å². The minimum absolute atomic E-state index is 0.0689. The molecule has 0 saturated carbocycles. The summed E-state index contributed by atoms with van der Waals surface area (Å²) < 4.78 is 1.31. The lowest BCUT2D eigenvalue weighted by atomic mass is 10.4. The van der Waals surface area contributed by atoms with Gasteiger partial charge in [0.15, 0.2) is 0 Å². The third-order valence-corrected chi connectivity index (χ3v) is 1.09. The van der Waals surface area contributed by atoms with Gasteiger partial charge in [-0.15, -0.1) is 0 Å². The highest BCUT2D eigenvalue weighted by molar-refractivity contribution is 4.96. The zero-order valence-corrected chi connectivity index (χ0v) is 7.46. The maximum atomic E-state index is 10.7. The average Bonchev–Trinajstić information content (AvgIpc) is 2.02. The molecule has 0 bridgehead atoms. The SMILES string of the molecule is CC.Cc1ccc(=O)n(C)n1. The molecule has 0 aliphatic rings. The smallest absolute Gasteiger partial charge is 0.266 e. The van der Waals surface area contributed by atoms with E-state index < -0.39 is 0 Å². The predicted molar refractivity (Wildman–Crippen MR) is 45.6 cm³/mol. The summed E-state index contributed by atoms with van der Waals surface area (Å²) in [6.45, 7) is 5.85. The molecule has 1 heterocycles. The molecular formula is C8H14N2O. The molecule has 0 aliphatic heterocycles. The third-order valence-electron chi connectivity index (χ3n) is 1.09. The third kappa shape index (κ3) is 2.98. The van der Waals surface area contributed by atoms with E-state index in [1.807, 2.05) is 20.8 Å². The number of aryl methyl sites for hydroxylation is 2. The van der Waals surface area contributed by atoms with Crippen molar-refractivity contribution in [2.75, 3.05) is 0 Å². The molecule has 1 aromatic rings. The van der Waals surface area contributed by atoms with Crippen molar-refractivity contribution in [1.29, 1.82) is 0 Å². The van der Waals surface area contributed by atoms with Gasteiger partial charge in [0.2, 0.25) is 0 Å². The predicted octanol–water partition coefficient (Wildman–Crippen LogP) is 1.11. The largest absolute Gasteiger partial charge is 0.268 e. The number of rotatable bonds is 0. The van der Waals surface area contributed by atoms with Crippen LogP contribution in [0.4, 0.5) is 0 Å². The van der Waals surface area contributed by atoms with E-state index in [0.717, 1.165) is 5.69 Å². The number of nitrogens with zero attached hydrogens (tertiary/aromatic N) is 2. The van der Waals surface area contributed by atoms with Gasteiger partial charge in [-0.2, -0.15) is 5.10 Å². The first kappa shape index (κ1) is 9.88. The van der Waals surface area contributed by atoms with Gasteiger partial charge in [-0.1, -0.05) is 13.8 Å². The highest BCUT2D eigenvalue weighted by Gasteiger charge is 1.87. The summed E-state index contributed by atoms with van der Waals surface area (Å²) in [5.41, 5.74) is 0.790. The maximum Gasteiger partial charge on any atom is 0.266 e. The molecule has 0 radical (unpaired) electrons. The van der Waals surface area contributed by atoms with E-state index in [2.05, 4.69) is 5.10 Å². The van der Waals surface area contributed by atoms with Crippen molar-refractivity contribution >= 4 is 0 Å². The van der Waals surface area contributed by atoms with Gasteiger partial charge in [-0.05, 0) is 13.0 Å². The van der Waals surface area contributed by atoms with Crippen LogP contribution in [-0.4, -0.2) is 9.78 Å². The summed E-state index contributed by atoms with van der Waals surface area (Å²) >= 11 is 0. The van der Waals surface area contributed by atoms with Gasteiger partial charge in [0.25, 0.3) is 5.56 Å². The lowest BCUT2D eigenvalue weighted by Gasteiger charge is -1.93. The fourth-order valence-electron chi connectivity index (χ4n) is 0.619. The summed E-state index contributed by atoms with van der Waals surface area (Å²) in [5, 5.41) is 3.88. The van der Waals surface area contributed by atoms with Crippen LogP contribution in [0.5, 0.6) is 0 Å². The second kappa shape index (κ2) is 4.66. The van der Waals surface area contributed by atoms with Gasteiger partial charge in [-0.3, -0.25) is 4.79 Å². The van der Waals surface area contributed by atoms with Crippen LogP contribution < -0.4 is 5.56 Å². The lowest BCUT2D eigenvalue weighted by molar-refractivity contribution is 0.692. The van der Waals surface area contributed by atoms with Crippen LogP contribution in [-0.2, 0) is 7.05 Å². The first-order chi connectivity index (χ1) is 5.20. The molecule has 0 aromatic carbocycles. The van der Waals surface area contributed by atoms with Crippen molar-refractivity contribution in [2.45, 2.75) is 20.8 Å². The van der Waals surface area contributed by atoms with Crippen LogP contribution in [0.2, 0.25) is 0 Å². The molecule has 62 valence electrons. The maximum absolute atomic E-state index is 10.7. The summed E-state index contributed by atoms with van der Waals surface area (Å²) in [6.07, 6.45) is 0. The normalized spacial score (nSPS) is 8.36. The fraction of sp³-hybridized carbons (Fsp3) is 0.500. The Kier molecular flexibility index (Phi) is 4.18. The minimum Gasteiger partial charge on any atom is -0.268 e. The second-order valence-corrected chi connectivity index (χ2v) is 1.94. The first-order valence-corrected chi connectivity index (χ1v) is 3.71. The zero-order valence-electron chi connectivity index (χ0n) is 7.46. The van der Waals surface area contributed by atoms with Crippen LogP contribution in [0, 0.1) is 6.92 Å². The zero-order chi connectivity index (χ0) is 8.85. The molecular weight excluding hydrogens is 140 g/mol. The van der Waals surface area contributed by atoms with Crippen molar-refractivity contribution in [3.63, 3.8) is 0 Å². The molecule has 0 unspecified atom stereocenters. The van der Waals surface area contributed by atoms with Gasteiger partial charge in [0.1, 0.15) is 0 Å². The number of hydrogen-bond acceptors (Lipinski definition) is 2. The molecule has 1 aromatic heterocycles. The molecule has 0 amide bonds. The van der Waals surface area contributed by atoms with E-state index in [9.17, 15) is 4.79 Å². The Morgan fingerprint density at radius 2 is 1.91 bits per heavy atom. The Morgan fingerprint density at radius 1 is 1.36 bits per heavy atom. The Balaban J connectivity index is 0.000000461. The Bertz CT molecular complexity index is 265. The summed E-state index contributed by atoms with van der Waals surface area (Å²) in [7, 11) is 1.63. The van der Waals surface area contributed by atoms with Gasteiger partial charge in [0, 0.05) is 13.1 Å². The van der Waals surface area contributed by atoms with Crippen molar-refractivity contribution < 1.29 is 0 Å². The van der Waals surface area contributed by atoms with Crippen molar-refractivity contribution in [1.82, 2.24) is 9.78 Å². The molecule has 0 spiro atoms. The minimum atomic E-state index is -0.0689. The Labute approximate surface area is 66.7 Å². The van der Waals surface area contributed by atoms with Crippen molar-refractivity contribution in [3.05, 3.63) is 28.2 Å². The number of aromatic nitrogens is 2. The van der Waals surface area contributed by atoms with E-state index in [1.165, 1.54) is 10.7 Å². The van der Waals surface area contributed by atoms with E-state index in [0.29, 0.717) is 0 Å². The molecule has 0 N–H and O–H groups in total. The van der Waals surface area contributed by atoms with E-state index in [4.69, 9.17) is 0 Å². The van der Waals surface area contributed by atoms with Crippen LogP contribution in [0.25, 0.3) is 0 Å². The molecule has 3 heteroatoms. The topological polar surface area (TPSA) is 34.9 Å². The van der Waals surface area contributed by atoms with Gasteiger partial charge < -0.3 is 0 Å².